The van der Waals surface area contributed by atoms with Gasteiger partial charge in [0.2, 0.25) is 0 Å². The minimum Gasteiger partial charge on any atom is -0.497 e. The third-order valence-corrected chi connectivity index (χ3v) is 3.77. The molecule has 0 aliphatic rings. The van der Waals surface area contributed by atoms with Crippen molar-refractivity contribution in [2.45, 2.75) is 0 Å². The molecule has 2 aromatic rings. The summed E-state index contributed by atoms with van der Waals surface area (Å²) >= 11 is 9.27. The number of benzene rings is 2. The number of halogens is 2. The van der Waals surface area contributed by atoms with E-state index in [1.807, 2.05) is 0 Å². The number of carbonyl (C=O) groups excluding carboxylic acids is 1. The molecule has 0 saturated heterocycles. The number of carbonyl (C=O) groups is 1. The molecule has 18 heavy (non-hydrogen) atoms. The normalized spacial score (nSPS) is 10.2. The van der Waals surface area contributed by atoms with Gasteiger partial charge in [-0.15, -0.1) is 0 Å². The first-order valence-electron chi connectivity index (χ1n) is 5.25. The molecule has 0 amide bonds. The van der Waals surface area contributed by atoms with Crippen molar-refractivity contribution in [3.05, 3.63) is 63.1 Å². The maximum Gasteiger partial charge on any atom is 0.193 e. The highest BCUT2D eigenvalue weighted by atomic mass is 79.9. The van der Waals surface area contributed by atoms with Crippen molar-refractivity contribution in [1.82, 2.24) is 0 Å². The molecule has 2 aromatic carbocycles. The highest BCUT2D eigenvalue weighted by Gasteiger charge is 2.10. The number of ketones is 1. The lowest BCUT2D eigenvalue weighted by Crippen LogP contribution is -2.01. The van der Waals surface area contributed by atoms with Gasteiger partial charge in [0.25, 0.3) is 0 Å². The van der Waals surface area contributed by atoms with E-state index >= 15 is 0 Å². The van der Waals surface area contributed by atoms with Gasteiger partial charge in [0.15, 0.2) is 5.78 Å². The highest BCUT2D eigenvalue weighted by molar-refractivity contribution is 9.10. The summed E-state index contributed by atoms with van der Waals surface area (Å²) in [7, 11) is 1.59. The summed E-state index contributed by atoms with van der Waals surface area (Å²) in [5.41, 5.74) is 1.17. The molecule has 0 atom stereocenters. The maximum atomic E-state index is 12.2. The summed E-state index contributed by atoms with van der Waals surface area (Å²) in [6.07, 6.45) is 0. The molecule has 0 aromatic heterocycles. The Hall–Kier alpha value is -1.32. The van der Waals surface area contributed by atoms with Gasteiger partial charge < -0.3 is 4.74 Å². The summed E-state index contributed by atoms with van der Waals surface area (Å²) in [5, 5.41) is 0.523. The highest BCUT2D eigenvalue weighted by Crippen LogP contribution is 2.24. The predicted molar refractivity (Wildman–Crippen MR) is 75.6 cm³/mol. The van der Waals surface area contributed by atoms with Crippen LogP contribution < -0.4 is 4.74 Å². The van der Waals surface area contributed by atoms with Gasteiger partial charge >= 0.3 is 0 Å². The molecular formula is C14H10BrClO2. The fourth-order valence-corrected chi connectivity index (χ4v) is 1.97. The Balaban J connectivity index is 2.32. The van der Waals surface area contributed by atoms with E-state index in [0.717, 1.165) is 10.2 Å². The second kappa shape index (κ2) is 5.55. The van der Waals surface area contributed by atoms with Crippen LogP contribution in [0.2, 0.25) is 5.02 Å². The summed E-state index contributed by atoms with van der Waals surface area (Å²) in [4.78, 5) is 12.2. The Morgan fingerprint density at radius 3 is 2.28 bits per heavy atom. The first-order chi connectivity index (χ1) is 8.61. The monoisotopic (exact) mass is 324 g/mol. The molecule has 2 rings (SSSR count). The van der Waals surface area contributed by atoms with Crippen LogP contribution in [0.5, 0.6) is 5.75 Å². The van der Waals surface area contributed by atoms with E-state index in [0.29, 0.717) is 16.1 Å². The molecule has 92 valence electrons. The Morgan fingerprint density at radius 1 is 1.11 bits per heavy atom. The van der Waals surface area contributed by atoms with Gasteiger partial charge in [-0.25, -0.2) is 0 Å². The smallest absolute Gasteiger partial charge is 0.193 e. The maximum absolute atomic E-state index is 12.2. The Labute approximate surface area is 119 Å². The molecular weight excluding hydrogens is 316 g/mol. The molecule has 0 spiro atoms. The van der Waals surface area contributed by atoms with Crippen LogP contribution in [0.25, 0.3) is 0 Å². The van der Waals surface area contributed by atoms with Crippen molar-refractivity contribution < 1.29 is 9.53 Å². The van der Waals surface area contributed by atoms with Gasteiger partial charge in [-0.05, 0) is 58.4 Å². The third kappa shape index (κ3) is 2.74. The van der Waals surface area contributed by atoms with E-state index < -0.39 is 0 Å². The van der Waals surface area contributed by atoms with Gasteiger partial charge in [0.1, 0.15) is 5.75 Å². The van der Waals surface area contributed by atoms with E-state index in [4.69, 9.17) is 16.3 Å². The molecule has 0 aliphatic carbocycles. The number of hydrogen-bond acceptors (Lipinski definition) is 2. The second-order valence-corrected chi connectivity index (χ2v) is 4.95. The molecule has 4 heteroatoms. The topological polar surface area (TPSA) is 26.3 Å². The molecule has 0 heterocycles. The number of methoxy groups -OCH3 is 1. The minimum atomic E-state index is -0.0629. The fraction of sp³-hybridized carbons (Fsp3) is 0.0714. The zero-order valence-electron chi connectivity index (χ0n) is 9.61. The molecule has 2 nitrogen and oxygen atoms in total. The first kappa shape index (κ1) is 13.1. The van der Waals surface area contributed by atoms with E-state index in [1.165, 1.54) is 0 Å². The quantitative estimate of drug-likeness (QED) is 0.785. The summed E-state index contributed by atoms with van der Waals surface area (Å²) in [6.45, 7) is 0. The molecule has 0 aliphatic heterocycles. The van der Waals surface area contributed by atoms with Crippen LogP contribution in [0.1, 0.15) is 15.9 Å². The zero-order valence-corrected chi connectivity index (χ0v) is 12.0. The van der Waals surface area contributed by atoms with Crippen molar-refractivity contribution in [2.24, 2.45) is 0 Å². The average Bonchev–Trinajstić information content (AvgIpc) is 2.41. The van der Waals surface area contributed by atoms with Crippen LogP contribution in [0, 0.1) is 0 Å². The Bertz CT molecular complexity index is 579. The van der Waals surface area contributed by atoms with Gasteiger partial charge in [-0.1, -0.05) is 11.6 Å². The van der Waals surface area contributed by atoms with Gasteiger partial charge in [0.05, 0.1) is 12.1 Å². The fourth-order valence-electron chi connectivity index (χ4n) is 1.55. The number of hydrogen-bond donors (Lipinski definition) is 0. The molecule has 0 fully saturated rings. The lowest BCUT2D eigenvalue weighted by molar-refractivity contribution is 0.103. The van der Waals surface area contributed by atoms with Crippen LogP contribution in [0.15, 0.2) is 46.9 Å². The molecule has 0 N–H and O–H groups in total. The SMILES string of the molecule is COc1ccc(C(=O)c2ccc(Br)c(Cl)c2)cc1. The van der Waals surface area contributed by atoms with E-state index in [-0.39, 0.29) is 5.78 Å². The standard InChI is InChI=1S/C14H10BrClO2/c1-18-11-5-2-9(3-6-11)14(17)10-4-7-12(15)13(16)8-10/h2-8H,1H3. The molecule has 0 unspecified atom stereocenters. The second-order valence-electron chi connectivity index (χ2n) is 3.69. The minimum absolute atomic E-state index is 0.0629. The number of ether oxygens (including phenoxy) is 1. The van der Waals surface area contributed by atoms with Crippen LogP contribution in [0.3, 0.4) is 0 Å². The van der Waals surface area contributed by atoms with Gasteiger partial charge in [-0.2, -0.15) is 0 Å². The lowest BCUT2D eigenvalue weighted by atomic mass is 10.0. The summed E-state index contributed by atoms with van der Waals surface area (Å²) < 4.78 is 5.82. The van der Waals surface area contributed by atoms with E-state index in [2.05, 4.69) is 15.9 Å². The first-order valence-corrected chi connectivity index (χ1v) is 6.42. The van der Waals surface area contributed by atoms with Crippen LogP contribution in [-0.4, -0.2) is 12.9 Å². The molecule has 0 radical (unpaired) electrons. The molecule has 0 bridgehead atoms. The summed E-state index contributed by atoms with van der Waals surface area (Å²) in [6, 6.07) is 12.1. The Morgan fingerprint density at radius 2 is 1.72 bits per heavy atom. The van der Waals surface area contributed by atoms with Crippen molar-refractivity contribution in [1.29, 1.82) is 0 Å². The lowest BCUT2D eigenvalue weighted by Gasteiger charge is -2.04. The van der Waals surface area contributed by atoms with E-state index in [1.54, 1.807) is 49.6 Å². The molecule has 0 saturated carbocycles. The van der Waals surface area contributed by atoms with E-state index in [9.17, 15) is 4.79 Å². The Kier molecular flexibility index (Phi) is 4.04. The third-order valence-electron chi connectivity index (χ3n) is 2.53. The summed E-state index contributed by atoms with van der Waals surface area (Å²) in [5.74, 6) is 0.660. The van der Waals surface area contributed by atoms with Crippen LogP contribution >= 0.6 is 27.5 Å². The van der Waals surface area contributed by atoms with Crippen molar-refractivity contribution in [2.75, 3.05) is 7.11 Å². The van der Waals surface area contributed by atoms with Gasteiger partial charge in [0, 0.05) is 15.6 Å². The van der Waals surface area contributed by atoms with Crippen molar-refractivity contribution in [3.63, 3.8) is 0 Å². The zero-order chi connectivity index (χ0) is 13.1. The van der Waals surface area contributed by atoms with Gasteiger partial charge in [-0.3, -0.25) is 4.79 Å². The van der Waals surface area contributed by atoms with Crippen LogP contribution in [0.4, 0.5) is 0 Å². The van der Waals surface area contributed by atoms with Crippen molar-refractivity contribution >= 4 is 33.3 Å². The van der Waals surface area contributed by atoms with Crippen molar-refractivity contribution in [3.8, 4) is 5.75 Å². The average molecular weight is 326 g/mol. The largest absolute Gasteiger partial charge is 0.497 e. The number of rotatable bonds is 3. The predicted octanol–water partition coefficient (Wildman–Crippen LogP) is 4.34. The van der Waals surface area contributed by atoms with Crippen LogP contribution in [-0.2, 0) is 0 Å².